The Hall–Kier alpha value is -1.51. The molecule has 0 radical (unpaired) electrons. The molecular formula is C16H15Cl2NO. The molecule has 1 amide bonds. The summed E-state index contributed by atoms with van der Waals surface area (Å²) < 4.78 is 0. The van der Waals surface area contributed by atoms with Crippen LogP contribution in [0.1, 0.15) is 18.1 Å². The van der Waals surface area contributed by atoms with Crippen molar-refractivity contribution in [3.63, 3.8) is 0 Å². The van der Waals surface area contributed by atoms with E-state index in [1.165, 1.54) is 5.56 Å². The van der Waals surface area contributed by atoms with Crippen molar-refractivity contribution in [1.82, 2.24) is 0 Å². The standard InChI is InChI=1S/C16H15Cl2NO/c1-2-11-4-3-5-13(8-11)19-16(20)10-12-6-7-14(17)15(18)9-12/h3-9H,2,10H2,1H3,(H,19,20). The molecule has 0 fully saturated rings. The van der Waals surface area contributed by atoms with Crippen LogP contribution in [0.2, 0.25) is 10.0 Å². The number of hydrogen-bond acceptors (Lipinski definition) is 1. The van der Waals surface area contributed by atoms with Gasteiger partial charge in [-0.3, -0.25) is 4.79 Å². The van der Waals surface area contributed by atoms with Gasteiger partial charge in [0.25, 0.3) is 0 Å². The van der Waals surface area contributed by atoms with Gasteiger partial charge in [0, 0.05) is 5.69 Å². The van der Waals surface area contributed by atoms with Gasteiger partial charge >= 0.3 is 0 Å². The Kier molecular flexibility index (Phi) is 5.05. The highest BCUT2D eigenvalue weighted by Crippen LogP contribution is 2.23. The zero-order valence-electron chi connectivity index (χ0n) is 11.1. The number of carbonyl (C=O) groups excluding carboxylic acids is 1. The van der Waals surface area contributed by atoms with Crippen LogP contribution < -0.4 is 5.32 Å². The maximum absolute atomic E-state index is 12.0. The van der Waals surface area contributed by atoms with Gasteiger partial charge in [-0.25, -0.2) is 0 Å². The molecule has 20 heavy (non-hydrogen) atoms. The van der Waals surface area contributed by atoms with Gasteiger partial charge < -0.3 is 5.32 Å². The van der Waals surface area contributed by atoms with Crippen LogP contribution in [0.15, 0.2) is 42.5 Å². The molecule has 0 saturated heterocycles. The van der Waals surface area contributed by atoms with Gasteiger partial charge in [-0.1, -0.05) is 48.3 Å². The average Bonchev–Trinajstić information content (AvgIpc) is 2.43. The molecule has 0 unspecified atom stereocenters. The van der Waals surface area contributed by atoms with Gasteiger partial charge in [0.1, 0.15) is 0 Å². The Morgan fingerprint density at radius 2 is 1.85 bits per heavy atom. The highest BCUT2D eigenvalue weighted by atomic mass is 35.5. The van der Waals surface area contributed by atoms with E-state index in [0.717, 1.165) is 17.7 Å². The maximum atomic E-state index is 12.0. The molecule has 2 nitrogen and oxygen atoms in total. The Morgan fingerprint density at radius 3 is 2.55 bits per heavy atom. The van der Waals surface area contributed by atoms with Gasteiger partial charge in [0.05, 0.1) is 16.5 Å². The van der Waals surface area contributed by atoms with Crippen molar-refractivity contribution in [3.8, 4) is 0 Å². The second-order valence-corrected chi connectivity index (χ2v) is 5.34. The lowest BCUT2D eigenvalue weighted by Crippen LogP contribution is -2.14. The first-order valence-electron chi connectivity index (χ1n) is 6.41. The van der Waals surface area contributed by atoms with Crippen molar-refractivity contribution in [2.75, 3.05) is 5.32 Å². The molecule has 0 aliphatic carbocycles. The Balaban J connectivity index is 2.03. The second-order valence-electron chi connectivity index (χ2n) is 4.53. The van der Waals surface area contributed by atoms with Gasteiger partial charge in [-0.15, -0.1) is 0 Å². The lowest BCUT2D eigenvalue weighted by Gasteiger charge is -2.07. The van der Waals surface area contributed by atoms with Crippen LogP contribution in [0.4, 0.5) is 5.69 Å². The zero-order chi connectivity index (χ0) is 14.5. The summed E-state index contributed by atoms with van der Waals surface area (Å²) in [6.45, 7) is 2.08. The monoisotopic (exact) mass is 307 g/mol. The van der Waals surface area contributed by atoms with Crippen LogP contribution in [0, 0.1) is 0 Å². The summed E-state index contributed by atoms with van der Waals surface area (Å²) in [6.07, 6.45) is 1.21. The summed E-state index contributed by atoms with van der Waals surface area (Å²) in [5.74, 6) is -0.0726. The number of anilines is 1. The van der Waals surface area contributed by atoms with Crippen molar-refractivity contribution in [2.45, 2.75) is 19.8 Å². The molecule has 0 heterocycles. The minimum Gasteiger partial charge on any atom is -0.326 e. The van der Waals surface area contributed by atoms with Crippen LogP contribution in [0.5, 0.6) is 0 Å². The number of halogens is 2. The number of rotatable bonds is 4. The molecule has 0 aromatic heterocycles. The van der Waals surface area contributed by atoms with E-state index in [0.29, 0.717) is 10.0 Å². The fourth-order valence-electron chi connectivity index (χ4n) is 1.91. The molecule has 4 heteroatoms. The molecule has 1 N–H and O–H groups in total. The fourth-order valence-corrected chi connectivity index (χ4v) is 2.23. The van der Waals surface area contributed by atoms with E-state index in [1.807, 2.05) is 24.3 Å². The third-order valence-corrected chi connectivity index (χ3v) is 3.71. The lowest BCUT2D eigenvalue weighted by molar-refractivity contribution is -0.115. The normalized spacial score (nSPS) is 10.3. The van der Waals surface area contributed by atoms with Crippen LogP contribution in [-0.2, 0) is 17.6 Å². The number of nitrogens with one attached hydrogen (secondary N) is 1. The summed E-state index contributed by atoms with van der Waals surface area (Å²) in [5.41, 5.74) is 2.84. The molecule has 0 aliphatic heterocycles. The summed E-state index contributed by atoms with van der Waals surface area (Å²) in [7, 11) is 0. The third kappa shape index (κ3) is 3.99. The number of benzene rings is 2. The smallest absolute Gasteiger partial charge is 0.228 e. The minimum atomic E-state index is -0.0726. The molecule has 2 aromatic rings. The number of carbonyl (C=O) groups is 1. The molecule has 0 spiro atoms. The molecule has 0 aliphatic rings. The van der Waals surface area contributed by atoms with Crippen molar-refractivity contribution in [3.05, 3.63) is 63.6 Å². The van der Waals surface area contributed by atoms with E-state index in [1.54, 1.807) is 18.2 Å². The van der Waals surface area contributed by atoms with E-state index < -0.39 is 0 Å². The summed E-state index contributed by atoms with van der Waals surface area (Å²) in [5, 5.41) is 3.84. The lowest BCUT2D eigenvalue weighted by atomic mass is 10.1. The Morgan fingerprint density at radius 1 is 1.05 bits per heavy atom. The maximum Gasteiger partial charge on any atom is 0.228 e. The largest absolute Gasteiger partial charge is 0.326 e. The van der Waals surface area contributed by atoms with Gasteiger partial charge in [0.2, 0.25) is 5.91 Å². The van der Waals surface area contributed by atoms with E-state index in [-0.39, 0.29) is 12.3 Å². The Bertz CT molecular complexity index is 626. The molecule has 104 valence electrons. The molecule has 2 aromatic carbocycles. The highest BCUT2D eigenvalue weighted by molar-refractivity contribution is 6.42. The average molecular weight is 308 g/mol. The number of aryl methyl sites for hydroxylation is 1. The predicted octanol–water partition coefficient (Wildman–Crippen LogP) is 4.74. The number of amides is 1. The van der Waals surface area contributed by atoms with Crippen molar-refractivity contribution in [1.29, 1.82) is 0 Å². The molecule has 0 bridgehead atoms. The molecular weight excluding hydrogens is 293 g/mol. The first kappa shape index (κ1) is 14.9. The summed E-state index contributed by atoms with van der Waals surface area (Å²) in [4.78, 5) is 12.0. The SMILES string of the molecule is CCc1cccc(NC(=O)Cc2ccc(Cl)c(Cl)c2)c1. The van der Waals surface area contributed by atoms with E-state index in [4.69, 9.17) is 23.2 Å². The zero-order valence-corrected chi connectivity index (χ0v) is 12.6. The topological polar surface area (TPSA) is 29.1 Å². The van der Waals surface area contributed by atoms with Gasteiger partial charge in [-0.2, -0.15) is 0 Å². The fraction of sp³-hybridized carbons (Fsp3) is 0.188. The third-order valence-electron chi connectivity index (χ3n) is 2.97. The van der Waals surface area contributed by atoms with E-state index in [9.17, 15) is 4.79 Å². The Labute approximate surface area is 128 Å². The van der Waals surface area contributed by atoms with E-state index in [2.05, 4.69) is 12.2 Å². The van der Waals surface area contributed by atoms with E-state index >= 15 is 0 Å². The number of hydrogen-bond donors (Lipinski definition) is 1. The van der Waals surface area contributed by atoms with Crippen LogP contribution in [0.3, 0.4) is 0 Å². The van der Waals surface area contributed by atoms with Crippen molar-refractivity contribution in [2.24, 2.45) is 0 Å². The molecule has 0 atom stereocenters. The van der Waals surface area contributed by atoms with Crippen LogP contribution in [0.25, 0.3) is 0 Å². The molecule has 0 saturated carbocycles. The van der Waals surface area contributed by atoms with Crippen molar-refractivity contribution < 1.29 is 4.79 Å². The van der Waals surface area contributed by atoms with Crippen LogP contribution in [-0.4, -0.2) is 5.91 Å². The first-order chi connectivity index (χ1) is 9.58. The van der Waals surface area contributed by atoms with Gasteiger partial charge in [0.15, 0.2) is 0 Å². The quantitative estimate of drug-likeness (QED) is 0.868. The second kappa shape index (κ2) is 6.78. The predicted molar refractivity (Wildman–Crippen MR) is 84.6 cm³/mol. The summed E-state index contributed by atoms with van der Waals surface area (Å²) in [6, 6.07) is 13.0. The van der Waals surface area contributed by atoms with Gasteiger partial charge in [-0.05, 0) is 41.8 Å². The first-order valence-corrected chi connectivity index (χ1v) is 7.17. The molecule has 2 rings (SSSR count). The van der Waals surface area contributed by atoms with Crippen LogP contribution >= 0.6 is 23.2 Å². The summed E-state index contributed by atoms with van der Waals surface area (Å²) >= 11 is 11.8. The highest BCUT2D eigenvalue weighted by Gasteiger charge is 2.06. The van der Waals surface area contributed by atoms with Crippen molar-refractivity contribution >= 4 is 34.8 Å². The minimum absolute atomic E-state index is 0.0726.